The first kappa shape index (κ1) is 18.9. The summed E-state index contributed by atoms with van der Waals surface area (Å²) >= 11 is 0. The van der Waals surface area contributed by atoms with Gasteiger partial charge in [-0.05, 0) is 13.8 Å². The van der Waals surface area contributed by atoms with Crippen LogP contribution in [0.1, 0.15) is 25.0 Å². The van der Waals surface area contributed by atoms with Crippen LogP contribution in [0.2, 0.25) is 0 Å². The highest BCUT2D eigenvalue weighted by atomic mass is 19.4. The summed E-state index contributed by atoms with van der Waals surface area (Å²) < 4.78 is 125. The average Bonchev–Trinajstić information content (AvgIpc) is 2.77. The Hall–Kier alpha value is -1.91. The molecule has 1 aliphatic heterocycles. The first-order valence-electron chi connectivity index (χ1n) is 7.44. The van der Waals surface area contributed by atoms with Crippen LogP contribution >= 0.6 is 0 Å². The molecule has 0 saturated carbocycles. The highest BCUT2D eigenvalue weighted by Gasteiger charge is 2.61. The number of halogens is 9. The van der Waals surface area contributed by atoms with Gasteiger partial charge in [-0.3, -0.25) is 5.32 Å². The second kappa shape index (κ2) is 5.54. The Bertz CT molecular complexity index is 813. The molecule has 1 aliphatic carbocycles. The van der Waals surface area contributed by atoms with Crippen molar-refractivity contribution < 1.29 is 39.5 Å². The van der Waals surface area contributed by atoms with Crippen LogP contribution < -0.4 is 5.32 Å². The molecule has 144 valence electrons. The van der Waals surface area contributed by atoms with Gasteiger partial charge in [0.25, 0.3) is 0 Å². The highest BCUT2D eigenvalue weighted by molar-refractivity contribution is 5.83. The molecule has 3 rings (SSSR count). The fourth-order valence-electron chi connectivity index (χ4n) is 3.50. The van der Waals surface area contributed by atoms with E-state index in [0.717, 1.165) is 11.8 Å². The van der Waals surface area contributed by atoms with Crippen LogP contribution in [0.5, 0.6) is 0 Å². The summed E-state index contributed by atoms with van der Waals surface area (Å²) in [4.78, 5) is 0.770. The molecule has 0 bridgehead atoms. The maximum atomic E-state index is 14.8. The molecule has 2 aliphatic rings. The number of benzene rings is 1. The third kappa shape index (κ3) is 2.25. The van der Waals surface area contributed by atoms with Crippen molar-refractivity contribution in [3.63, 3.8) is 0 Å². The third-order valence-corrected chi connectivity index (χ3v) is 4.52. The van der Waals surface area contributed by atoms with Crippen molar-refractivity contribution in [2.45, 2.75) is 38.2 Å². The molecule has 0 spiro atoms. The highest BCUT2D eigenvalue weighted by Crippen LogP contribution is 2.56. The minimum atomic E-state index is -5.17. The Balaban J connectivity index is 2.45. The number of hydrogen-bond donors (Lipinski definition) is 1. The lowest BCUT2D eigenvalue weighted by molar-refractivity contribution is -0.149. The molecule has 11 heteroatoms. The molecule has 1 N–H and O–H groups in total. The smallest absolute Gasteiger partial charge is 0.354 e. The van der Waals surface area contributed by atoms with Gasteiger partial charge in [0.2, 0.25) is 0 Å². The summed E-state index contributed by atoms with van der Waals surface area (Å²) in [6.45, 7) is 2.25. The molecule has 0 aromatic heterocycles. The van der Waals surface area contributed by atoms with Gasteiger partial charge in [-0.25, -0.2) is 17.6 Å². The van der Waals surface area contributed by atoms with Crippen LogP contribution in [0.4, 0.5) is 39.5 Å². The molecule has 2 nitrogen and oxygen atoms in total. The van der Waals surface area contributed by atoms with Gasteiger partial charge in [0, 0.05) is 17.7 Å². The normalized spacial score (nSPS) is 24.8. The van der Waals surface area contributed by atoms with Crippen LogP contribution in [0.25, 0.3) is 5.57 Å². The van der Waals surface area contributed by atoms with E-state index >= 15 is 0 Å². The zero-order chi connectivity index (χ0) is 19.8. The Morgan fingerprint density at radius 1 is 1.00 bits per heavy atom. The van der Waals surface area contributed by atoms with Crippen molar-refractivity contribution in [2.75, 3.05) is 6.54 Å². The SMILES string of the molecule is CCN1C2=C(c3c(F)c(F)c(F)c(F)c3C2(F)F)C(C(F)(F)F)NC1C. The first-order chi connectivity index (χ1) is 11.9. The van der Waals surface area contributed by atoms with E-state index in [1.807, 2.05) is 5.32 Å². The zero-order valence-electron chi connectivity index (χ0n) is 13.2. The summed E-state index contributed by atoms with van der Waals surface area (Å²) in [6, 6.07) is -2.80. The van der Waals surface area contributed by atoms with Crippen LogP contribution in [-0.4, -0.2) is 29.8 Å². The maximum Gasteiger partial charge on any atom is 0.408 e. The molecular formula is C15H11F9N2. The monoisotopic (exact) mass is 390 g/mol. The molecule has 0 amide bonds. The summed E-state index contributed by atoms with van der Waals surface area (Å²) in [7, 11) is 0. The third-order valence-electron chi connectivity index (χ3n) is 4.52. The average molecular weight is 390 g/mol. The predicted octanol–water partition coefficient (Wildman–Crippen LogP) is 4.26. The molecule has 26 heavy (non-hydrogen) atoms. The van der Waals surface area contributed by atoms with Crippen molar-refractivity contribution in [3.8, 4) is 0 Å². The number of nitrogens with one attached hydrogen (secondary N) is 1. The molecule has 1 heterocycles. The van der Waals surface area contributed by atoms with Gasteiger partial charge in [0.15, 0.2) is 23.3 Å². The van der Waals surface area contributed by atoms with E-state index < -0.39 is 70.0 Å². The van der Waals surface area contributed by atoms with E-state index in [9.17, 15) is 39.5 Å². The van der Waals surface area contributed by atoms with Gasteiger partial charge in [0.05, 0.1) is 17.4 Å². The topological polar surface area (TPSA) is 15.3 Å². The molecule has 2 atom stereocenters. The number of alkyl halides is 5. The molecule has 1 aromatic rings. The quantitative estimate of drug-likeness (QED) is 0.438. The van der Waals surface area contributed by atoms with Crippen LogP contribution in [0.3, 0.4) is 0 Å². The van der Waals surface area contributed by atoms with Crippen LogP contribution in [0, 0.1) is 23.3 Å². The Labute approximate surface area is 141 Å². The van der Waals surface area contributed by atoms with Gasteiger partial charge >= 0.3 is 12.1 Å². The number of likely N-dealkylation sites (N-methyl/N-ethyl adjacent to an activating group) is 1. The molecule has 0 saturated heterocycles. The largest absolute Gasteiger partial charge is 0.408 e. The summed E-state index contributed by atoms with van der Waals surface area (Å²) in [5.74, 6) is -14.1. The fourth-order valence-corrected chi connectivity index (χ4v) is 3.50. The number of hydrogen-bond acceptors (Lipinski definition) is 2. The van der Waals surface area contributed by atoms with E-state index in [-0.39, 0.29) is 6.54 Å². The molecular weight excluding hydrogens is 379 g/mol. The standard InChI is InChI=1S/C15H11F9N2/c1-3-26-4(2)25-12(15(22,23)24)6-5-7(14(20,21)13(6)26)9(17)11(19)10(18)8(5)16/h4,12,25H,3H2,1-2H3. The fraction of sp³-hybridized carbons (Fsp3) is 0.467. The van der Waals surface area contributed by atoms with E-state index in [0.29, 0.717) is 0 Å². The van der Waals surface area contributed by atoms with E-state index in [4.69, 9.17) is 0 Å². The zero-order valence-corrected chi connectivity index (χ0v) is 13.2. The summed E-state index contributed by atoms with van der Waals surface area (Å²) in [5, 5.41) is 1.99. The minimum absolute atomic E-state index is 0.241. The van der Waals surface area contributed by atoms with Gasteiger partial charge in [-0.2, -0.15) is 22.0 Å². The van der Waals surface area contributed by atoms with E-state index in [1.165, 1.54) is 6.92 Å². The van der Waals surface area contributed by atoms with Crippen LogP contribution in [-0.2, 0) is 5.92 Å². The lowest BCUT2D eigenvalue weighted by Gasteiger charge is -2.42. The number of allylic oxidation sites excluding steroid dienone is 1. The van der Waals surface area contributed by atoms with Gasteiger partial charge in [0.1, 0.15) is 6.04 Å². The Morgan fingerprint density at radius 3 is 2.04 bits per heavy atom. The van der Waals surface area contributed by atoms with Gasteiger partial charge in [-0.15, -0.1) is 0 Å². The lowest BCUT2D eigenvalue weighted by Crippen LogP contribution is -2.58. The van der Waals surface area contributed by atoms with Crippen molar-refractivity contribution in [3.05, 3.63) is 40.1 Å². The lowest BCUT2D eigenvalue weighted by atomic mass is 9.95. The molecule has 2 unspecified atom stereocenters. The number of nitrogens with zero attached hydrogens (tertiary/aromatic N) is 1. The summed E-state index contributed by atoms with van der Waals surface area (Å²) in [6.07, 6.45) is -6.44. The van der Waals surface area contributed by atoms with E-state index in [1.54, 1.807) is 0 Å². The minimum Gasteiger partial charge on any atom is -0.354 e. The van der Waals surface area contributed by atoms with E-state index in [2.05, 4.69) is 0 Å². The molecule has 0 radical (unpaired) electrons. The summed E-state index contributed by atoms with van der Waals surface area (Å²) in [5.41, 5.74) is -6.18. The van der Waals surface area contributed by atoms with Crippen molar-refractivity contribution >= 4 is 5.57 Å². The van der Waals surface area contributed by atoms with Crippen molar-refractivity contribution in [1.82, 2.24) is 10.2 Å². The van der Waals surface area contributed by atoms with Crippen LogP contribution in [0.15, 0.2) is 5.70 Å². The van der Waals surface area contributed by atoms with Crippen molar-refractivity contribution in [2.24, 2.45) is 0 Å². The number of rotatable bonds is 1. The molecule has 0 fully saturated rings. The van der Waals surface area contributed by atoms with Crippen molar-refractivity contribution in [1.29, 1.82) is 0 Å². The second-order valence-corrected chi connectivity index (χ2v) is 5.95. The predicted molar refractivity (Wildman–Crippen MR) is 71.9 cm³/mol. The van der Waals surface area contributed by atoms with Gasteiger partial charge < -0.3 is 4.90 Å². The Morgan fingerprint density at radius 2 is 1.54 bits per heavy atom. The van der Waals surface area contributed by atoms with Gasteiger partial charge in [-0.1, -0.05) is 0 Å². The Kier molecular flexibility index (Phi) is 4.02. The maximum absolute atomic E-state index is 14.8. The second-order valence-electron chi connectivity index (χ2n) is 5.95. The first-order valence-corrected chi connectivity index (χ1v) is 7.44. The number of fused-ring (bicyclic) bond motifs is 2. The molecule has 1 aromatic carbocycles.